The molecule has 1 heteroatoms. The van der Waals surface area contributed by atoms with Gasteiger partial charge in [0.2, 0.25) is 0 Å². The molecule has 1 N–H and O–H groups in total. The first-order chi connectivity index (χ1) is 13.7. The second-order valence-corrected chi connectivity index (χ2v) is 7.94. The van der Waals surface area contributed by atoms with Crippen molar-refractivity contribution in [3.63, 3.8) is 0 Å². The Morgan fingerprint density at radius 3 is 1.89 bits per heavy atom. The number of anilines is 2. The fourth-order valence-corrected chi connectivity index (χ4v) is 4.58. The molecule has 28 heavy (non-hydrogen) atoms. The van der Waals surface area contributed by atoms with Crippen LogP contribution < -0.4 is 5.32 Å². The average molecular weight is 361 g/mol. The molecule has 0 aromatic heterocycles. The summed E-state index contributed by atoms with van der Waals surface area (Å²) in [6.45, 7) is 4.68. The predicted octanol–water partition coefficient (Wildman–Crippen LogP) is 7.40. The maximum Gasteiger partial charge on any atom is 0.0464 e. The Balaban J connectivity index is 1.70. The van der Waals surface area contributed by atoms with Gasteiger partial charge in [-0.15, -0.1) is 0 Å². The van der Waals surface area contributed by atoms with E-state index in [9.17, 15) is 0 Å². The molecule has 0 fully saturated rings. The highest BCUT2D eigenvalue weighted by Gasteiger charge is 2.37. The van der Waals surface area contributed by atoms with E-state index in [1.165, 1.54) is 33.4 Å². The van der Waals surface area contributed by atoms with Crippen molar-refractivity contribution < 1.29 is 0 Å². The minimum Gasteiger partial charge on any atom is -0.355 e. The van der Waals surface area contributed by atoms with Gasteiger partial charge in [-0.1, -0.05) is 92.7 Å². The van der Waals surface area contributed by atoms with E-state index in [0.717, 1.165) is 11.4 Å². The lowest BCUT2D eigenvalue weighted by Crippen LogP contribution is -2.16. The van der Waals surface area contributed by atoms with Crippen molar-refractivity contribution in [1.29, 1.82) is 0 Å². The lowest BCUT2D eigenvalue weighted by molar-refractivity contribution is 0.662. The summed E-state index contributed by atoms with van der Waals surface area (Å²) in [7, 11) is 0. The zero-order chi connectivity index (χ0) is 19.1. The van der Waals surface area contributed by atoms with Gasteiger partial charge in [0.05, 0.1) is 0 Å². The van der Waals surface area contributed by atoms with E-state index in [-0.39, 0.29) is 5.41 Å². The standard InChI is InChI=1S/C27H23N/c1-27(2)24-17-8-6-13-20(24)22-15-10-16-23(26(22)27)21-14-7-9-18-25(21)28-19-11-4-3-5-12-19/h3-18,28H,1-2H3. The molecule has 0 aliphatic heterocycles. The summed E-state index contributed by atoms with van der Waals surface area (Å²) in [5.74, 6) is 0. The van der Waals surface area contributed by atoms with Crippen LogP contribution in [-0.4, -0.2) is 0 Å². The number of nitrogens with one attached hydrogen (secondary N) is 1. The van der Waals surface area contributed by atoms with Crippen molar-refractivity contribution in [3.8, 4) is 22.3 Å². The molecule has 0 radical (unpaired) electrons. The predicted molar refractivity (Wildman–Crippen MR) is 119 cm³/mol. The van der Waals surface area contributed by atoms with Crippen LogP contribution in [0.25, 0.3) is 22.3 Å². The molecule has 1 nitrogen and oxygen atoms in total. The molecule has 4 aromatic rings. The number of hydrogen-bond donors (Lipinski definition) is 1. The van der Waals surface area contributed by atoms with Gasteiger partial charge in [-0.05, 0) is 46.0 Å². The van der Waals surface area contributed by atoms with Gasteiger partial charge in [0.1, 0.15) is 0 Å². The van der Waals surface area contributed by atoms with Crippen molar-refractivity contribution in [2.24, 2.45) is 0 Å². The molecule has 0 spiro atoms. The van der Waals surface area contributed by atoms with Crippen LogP contribution in [0.1, 0.15) is 25.0 Å². The number of hydrogen-bond acceptors (Lipinski definition) is 1. The monoisotopic (exact) mass is 361 g/mol. The van der Waals surface area contributed by atoms with Gasteiger partial charge in [-0.25, -0.2) is 0 Å². The third-order valence-corrected chi connectivity index (χ3v) is 5.85. The van der Waals surface area contributed by atoms with Crippen LogP contribution in [0.5, 0.6) is 0 Å². The molecule has 0 saturated carbocycles. The van der Waals surface area contributed by atoms with Crippen LogP contribution in [0.15, 0.2) is 97.1 Å². The minimum absolute atomic E-state index is 0.0254. The van der Waals surface area contributed by atoms with Crippen LogP contribution >= 0.6 is 0 Å². The van der Waals surface area contributed by atoms with Gasteiger partial charge < -0.3 is 5.32 Å². The molecular weight excluding hydrogens is 338 g/mol. The first-order valence-electron chi connectivity index (χ1n) is 9.81. The Morgan fingerprint density at radius 1 is 0.536 bits per heavy atom. The summed E-state index contributed by atoms with van der Waals surface area (Å²) in [5, 5.41) is 3.61. The highest BCUT2D eigenvalue weighted by molar-refractivity contribution is 5.91. The average Bonchev–Trinajstić information content (AvgIpc) is 2.97. The smallest absolute Gasteiger partial charge is 0.0464 e. The van der Waals surface area contributed by atoms with Gasteiger partial charge in [0.25, 0.3) is 0 Å². The maximum absolute atomic E-state index is 3.61. The van der Waals surface area contributed by atoms with E-state index < -0.39 is 0 Å². The number of benzene rings is 4. The molecule has 4 aromatic carbocycles. The SMILES string of the molecule is CC1(C)c2ccccc2-c2cccc(-c3ccccc3Nc3ccccc3)c21. The Labute approximate surface area is 166 Å². The molecule has 1 aliphatic rings. The van der Waals surface area contributed by atoms with Crippen molar-refractivity contribution >= 4 is 11.4 Å². The number of fused-ring (bicyclic) bond motifs is 3. The van der Waals surface area contributed by atoms with E-state index >= 15 is 0 Å². The summed E-state index contributed by atoms with van der Waals surface area (Å²) >= 11 is 0. The van der Waals surface area contributed by atoms with E-state index in [2.05, 4.69) is 110 Å². The normalized spacial score (nSPS) is 13.6. The lowest BCUT2D eigenvalue weighted by Gasteiger charge is -2.25. The lowest BCUT2D eigenvalue weighted by atomic mass is 9.78. The molecule has 0 heterocycles. The Bertz CT molecular complexity index is 1160. The maximum atomic E-state index is 3.61. The van der Waals surface area contributed by atoms with Crippen LogP contribution in [0.4, 0.5) is 11.4 Å². The van der Waals surface area contributed by atoms with Crippen LogP contribution in [0.3, 0.4) is 0 Å². The molecule has 136 valence electrons. The van der Waals surface area contributed by atoms with Crippen LogP contribution in [0.2, 0.25) is 0 Å². The molecule has 0 unspecified atom stereocenters. The summed E-state index contributed by atoms with van der Waals surface area (Å²) in [6.07, 6.45) is 0. The van der Waals surface area contributed by atoms with E-state index in [0.29, 0.717) is 0 Å². The Hall–Kier alpha value is -3.32. The van der Waals surface area contributed by atoms with Crippen molar-refractivity contribution in [2.75, 3.05) is 5.32 Å². The summed E-state index contributed by atoms with van der Waals surface area (Å²) in [6, 6.07) is 34.5. The minimum atomic E-state index is -0.0254. The second kappa shape index (κ2) is 6.38. The molecule has 5 rings (SSSR count). The first-order valence-corrected chi connectivity index (χ1v) is 9.81. The van der Waals surface area contributed by atoms with Gasteiger partial charge in [0.15, 0.2) is 0 Å². The fraction of sp³-hybridized carbons (Fsp3) is 0.111. The van der Waals surface area contributed by atoms with Gasteiger partial charge in [-0.2, -0.15) is 0 Å². The quantitative estimate of drug-likeness (QED) is 0.401. The Kier molecular flexibility index (Phi) is 3.84. The van der Waals surface area contributed by atoms with Crippen molar-refractivity contribution in [2.45, 2.75) is 19.3 Å². The third-order valence-electron chi connectivity index (χ3n) is 5.85. The fourth-order valence-electron chi connectivity index (χ4n) is 4.58. The first kappa shape index (κ1) is 16.8. The molecular formula is C27H23N. The van der Waals surface area contributed by atoms with Gasteiger partial charge in [-0.3, -0.25) is 0 Å². The molecule has 0 amide bonds. The molecule has 0 bridgehead atoms. The topological polar surface area (TPSA) is 12.0 Å². The van der Waals surface area contributed by atoms with Gasteiger partial charge >= 0.3 is 0 Å². The summed E-state index contributed by atoms with van der Waals surface area (Å²) in [5.41, 5.74) is 10.3. The zero-order valence-corrected chi connectivity index (χ0v) is 16.2. The van der Waals surface area contributed by atoms with Crippen LogP contribution in [0, 0.1) is 0 Å². The van der Waals surface area contributed by atoms with Gasteiger partial charge in [0, 0.05) is 22.4 Å². The molecule has 1 aliphatic carbocycles. The highest BCUT2D eigenvalue weighted by Crippen LogP contribution is 2.52. The van der Waals surface area contributed by atoms with E-state index in [1.54, 1.807) is 0 Å². The van der Waals surface area contributed by atoms with E-state index in [1.807, 2.05) is 6.07 Å². The molecule has 0 saturated heterocycles. The number of rotatable bonds is 3. The van der Waals surface area contributed by atoms with Crippen molar-refractivity contribution in [3.05, 3.63) is 108 Å². The molecule has 0 atom stereocenters. The summed E-state index contributed by atoms with van der Waals surface area (Å²) in [4.78, 5) is 0. The zero-order valence-electron chi connectivity index (χ0n) is 16.2. The highest BCUT2D eigenvalue weighted by atomic mass is 14.9. The second-order valence-electron chi connectivity index (χ2n) is 7.94. The van der Waals surface area contributed by atoms with E-state index in [4.69, 9.17) is 0 Å². The largest absolute Gasteiger partial charge is 0.355 e. The summed E-state index contributed by atoms with van der Waals surface area (Å²) < 4.78 is 0. The number of para-hydroxylation sites is 2. The Morgan fingerprint density at radius 2 is 1.11 bits per heavy atom. The van der Waals surface area contributed by atoms with Crippen molar-refractivity contribution in [1.82, 2.24) is 0 Å². The third kappa shape index (κ3) is 2.55. The van der Waals surface area contributed by atoms with Crippen LogP contribution in [-0.2, 0) is 5.41 Å².